The number of ether oxygens (including phenoxy) is 4. The van der Waals surface area contributed by atoms with Crippen LogP contribution in [-0.2, 0) is 0 Å². The number of carbonyl (C=O) groups excluding carboxylic acids is 1. The summed E-state index contributed by atoms with van der Waals surface area (Å²) in [5.74, 6) is 1.91. The summed E-state index contributed by atoms with van der Waals surface area (Å²) in [6.07, 6.45) is 1.65. The van der Waals surface area contributed by atoms with E-state index >= 15 is 0 Å². The van der Waals surface area contributed by atoms with Gasteiger partial charge >= 0.3 is 0 Å². The maximum Gasteiger partial charge on any atom is 0.244 e. The Kier molecular flexibility index (Phi) is 5.54. The van der Waals surface area contributed by atoms with Crippen molar-refractivity contribution in [3.05, 3.63) is 42.6 Å². The van der Waals surface area contributed by atoms with Gasteiger partial charge in [0, 0.05) is 23.6 Å². The van der Waals surface area contributed by atoms with Crippen LogP contribution in [0.1, 0.15) is 11.7 Å². The van der Waals surface area contributed by atoms with Gasteiger partial charge in [0.25, 0.3) is 0 Å². The highest BCUT2D eigenvalue weighted by Crippen LogP contribution is 2.44. The van der Waals surface area contributed by atoms with Crippen molar-refractivity contribution in [1.82, 2.24) is 9.78 Å². The Hall–Kier alpha value is -3.48. The van der Waals surface area contributed by atoms with E-state index in [0.717, 1.165) is 11.1 Å². The van der Waals surface area contributed by atoms with Crippen LogP contribution in [0.3, 0.4) is 0 Å². The lowest BCUT2D eigenvalue weighted by Gasteiger charge is -2.16. The molecule has 0 aliphatic rings. The molecule has 3 rings (SSSR count). The molecule has 7 nitrogen and oxygen atoms in total. The third kappa shape index (κ3) is 3.26. The molecule has 0 saturated carbocycles. The minimum Gasteiger partial charge on any atom is -0.496 e. The van der Waals surface area contributed by atoms with E-state index in [0.29, 0.717) is 34.3 Å². The summed E-state index contributed by atoms with van der Waals surface area (Å²) in [4.78, 5) is 12.3. The van der Waals surface area contributed by atoms with Crippen molar-refractivity contribution < 1.29 is 23.7 Å². The molecular weight excluding hydrogens is 360 g/mol. The number of rotatable bonds is 6. The molecule has 0 fully saturated rings. The van der Waals surface area contributed by atoms with Gasteiger partial charge in [-0.15, -0.1) is 0 Å². The Labute approximate surface area is 163 Å². The Bertz CT molecular complexity index is 985. The van der Waals surface area contributed by atoms with Crippen LogP contribution in [0.15, 0.2) is 42.6 Å². The maximum absolute atomic E-state index is 12.3. The molecule has 7 heteroatoms. The van der Waals surface area contributed by atoms with Gasteiger partial charge in [-0.1, -0.05) is 18.2 Å². The molecule has 1 heterocycles. The molecule has 0 aliphatic carbocycles. The fraction of sp³-hybridized carbons (Fsp3) is 0.238. The quantitative estimate of drug-likeness (QED) is 0.644. The Morgan fingerprint density at radius 3 is 2.00 bits per heavy atom. The molecule has 0 radical (unpaired) electrons. The summed E-state index contributed by atoms with van der Waals surface area (Å²) in [5.41, 5.74) is 2.88. The van der Waals surface area contributed by atoms with E-state index < -0.39 is 0 Å². The van der Waals surface area contributed by atoms with E-state index in [1.807, 2.05) is 24.3 Å². The van der Waals surface area contributed by atoms with Gasteiger partial charge in [0.2, 0.25) is 11.7 Å². The number of aromatic nitrogens is 2. The monoisotopic (exact) mass is 382 g/mol. The first-order chi connectivity index (χ1) is 13.5. The fourth-order valence-electron chi connectivity index (χ4n) is 3.15. The highest BCUT2D eigenvalue weighted by molar-refractivity contribution is 5.91. The highest BCUT2D eigenvalue weighted by Gasteiger charge is 2.23. The normalized spacial score (nSPS) is 10.5. The van der Waals surface area contributed by atoms with Gasteiger partial charge in [-0.2, -0.15) is 9.78 Å². The predicted molar refractivity (Wildman–Crippen MR) is 106 cm³/mol. The molecule has 2 aromatic carbocycles. The summed E-state index contributed by atoms with van der Waals surface area (Å²) in [6.45, 7) is 1.46. The molecule has 0 amide bonds. The van der Waals surface area contributed by atoms with Gasteiger partial charge in [-0.25, -0.2) is 0 Å². The number of benzene rings is 2. The molecule has 0 atom stereocenters. The van der Waals surface area contributed by atoms with Crippen LogP contribution in [-0.4, -0.2) is 44.1 Å². The van der Waals surface area contributed by atoms with Crippen LogP contribution in [0.2, 0.25) is 0 Å². The summed E-state index contributed by atoms with van der Waals surface area (Å²) >= 11 is 0. The zero-order chi connectivity index (χ0) is 20.3. The summed E-state index contributed by atoms with van der Waals surface area (Å²) in [6, 6.07) is 11.1. The molecule has 0 bridgehead atoms. The number of carbonyl (C=O) groups is 1. The molecule has 0 N–H and O–H groups in total. The Balaban J connectivity index is 2.33. The number of nitrogens with zero attached hydrogens (tertiary/aromatic N) is 2. The lowest BCUT2D eigenvalue weighted by atomic mass is 10.00. The molecule has 0 spiro atoms. The Morgan fingerprint density at radius 1 is 0.857 bits per heavy atom. The molecule has 0 saturated heterocycles. The molecular formula is C21H22N2O5. The predicted octanol–water partition coefficient (Wildman–Crippen LogP) is 3.91. The first-order valence-electron chi connectivity index (χ1n) is 8.58. The SMILES string of the molecule is COc1ccccc1-c1cnn(C(C)=O)c1-c1cc(OC)c(OC)c(OC)c1. The van der Waals surface area contributed by atoms with Crippen molar-refractivity contribution >= 4 is 5.91 Å². The average molecular weight is 382 g/mol. The van der Waals surface area contributed by atoms with E-state index in [9.17, 15) is 4.79 Å². The van der Waals surface area contributed by atoms with Crippen molar-refractivity contribution in [2.24, 2.45) is 0 Å². The van der Waals surface area contributed by atoms with Crippen LogP contribution in [0, 0.1) is 0 Å². The van der Waals surface area contributed by atoms with Crippen molar-refractivity contribution in [2.75, 3.05) is 28.4 Å². The number of hydrogen-bond donors (Lipinski definition) is 0. The summed E-state index contributed by atoms with van der Waals surface area (Å²) < 4.78 is 23.2. The third-order valence-electron chi connectivity index (χ3n) is 4.40. The second-order valence-corrected chi connectivity index (χ2v) is 5.95. The van der Waals surface area contributed by atoms with Gasteiger partial charge in [0.1, 0.15) is 5.75 Å². The molecule has 3 aromatic rings. The summed E-state index contributed by atoms with van der Waals surface area (Å²) in [5, 5.41) is 4.30. The maximum atomic E-state index is 12.3. The highest BCUT2D eigenvalue weighted by atomic mass is 16.5. The van der Waals surface area contributed by atoms with Crippen LogP contribution in [0.25, 0.3) is 22.4 Å². The summed E-state index contributed by atoms with van der Waals surface area (Å²) in [7, 11) is 6.24. The van der Waals surface area contributed by atoms with Crippen molar-refractivity contribution in [2.45, 2.75) is 6.92 Å². The van der Waals surface area contributed by atoms with Crippen LogP contribution in [0.4, 0.5) is 0 Å². The van der Waals surface area contributed by atoms with E-state index in [2.05, 4.69) is 5.10 Å². The lowest BCUT2D eigenvalue weighted by Crippen LogP contribution is -2.09. The number of methoxy groups -OCH3 is 4. The zero-order valence-electron chi connectivity index (χ0n) is 16.5. The smallest absolute Gasteiger partial charge is 0.244 e. The fourth-order valence-corrected chi connectivity index (χ4v) is 3.15. The molecule has 1 aromatic heterocycles. The second kappa shape index (κ2) is 8.04. The largest absolute Gasteiger partial charge is 0.496 e. The van der Waals surface area contributed by atoms with Gasteiger partial charge < -0.3 is 18.9 Å². The molecule has 146 valence electrons. The zero-order valence-corrected chi connectivity index (χ0v) is 16.5. The minimum atomic E-state index is -0.218. The van der Waals surface area contributed by atoms with Crippen LogP contribution in [0.5, 0.6) is 23.0 Å². The molecule has 0 aliphatic heterocycles. The van der Waals surface area contributed by atoms with Crippen molar-refractivity contribution in [3.8, 4) is 45.4 Å². The standard InChI is InChI=1S/C21H22N2O5/c1-13(24)23-20(14-10-18(26-3)21(28-5)19(11-14)27-4)16(12-22-23)15-8-6-7-9-17(15)25-2/h6-12H,1-5H3. The Morgan fingerprint density at radius 2 is 1.46 bits per heavy atom. The van der Waals surface area contributed by atoms with E-state index in [1.165, 1.54) is 11.6 Å². The second-order valence-electron chi connectivity index (χ2n) is 5.95. The molecule has 0 unspecified atom stereocenters. The van der Waals surface area contributed by atoms with Gasteiger partial charge in [-0.3, -0.25) is 4.79 Å². The van der Waals surface area contributed by atoms with E-state index in [-0.39, 0.29) is 5.91 Å². The van der Waals surface area contributed by atoms with E-state index in [4.69, 9.17) is 18.9 Å². The first kappa shape index (κ1) is 19.3. The molecule has 28 heavy (non-hydrogen) atoms. The average Bonchev–Trinajstić information content (AvgIpc) is 3.17. The number of para-hydroxylation sites is 1. The van der Waals surface area contributed by atoms with Crippen molar-refractivity contribution in [1.29, 1.82) is 0 Å². The minimum absolute atomic E-state index is 0.218. The topological polar surface area (TPSA) is 71.8 Å². The first-order valence-corrected chi connectivity index (χ1v) is 8.58. The van der Waals surface area contributed by atoms with Crippen LogP contribution >= 0.6 is 0 Å². The lowest BCUT2D eigenvalue weighted by molar-refractivity contribution is 0.0923. The van der Waals surface area contributed by atoms with Gasteiger partial charge in [0.15, 0.2) is 11.5 Å². The van der Waals surface area contributed by atoms with Crippen molar-refractivity contribution in [3.63, 3.8) is 0 Å². The van der Waals surface area contributed by atoms with Gasteiger partial charge in [0.05, 0.1) is 40.3 Å². The van der Waals surface area contributed by atoms with Gasteiger partial charge in [-0.05, 0) is 18.2 Å². The van der Waals surface area contributed by atoms with E-state index in [1.54, 1.807) is 46.8 Å². The number of hydrogen-bond acceptors (Lipinski definition) is 6. The van der Waals surface area contributed by atoms with Crippen LogP contribution < -0.4 is 18.9 Å². The third-order valence-corrected chi connectivity index (χ3v) is 4.40.